The zero-order valence-corrected chi connectivity index (χ0v) is 14.5. The van der Waals surface area contributed by atoms with Crippen LogP contribution in [0.5, 0.6) is 0 Å². The largest absolute Gasteiger partial charge is 0.418 e. The Morgan fingerprint density at radius 3 is 2.35 bits per heavy atom. The number of rotatable bonds is 2. The van der Waals surface area contributed by atoms with Crippen LogP contribution in [-0.2, 0) is 13.2 Å². The van der Waals surface area contributed by atoms with Crippen LogP contribution in [0.4, 0.5) is 13.2 Å². The molecule has 1 saturated carbocycles. The summed E-state index contributed by atoms with van der Waals surface area (Å²) >= 11 is 3.28. The molecule has 1 unspecified atom stereocenters. The van der Waals surface area contributed by atoms with E-state index in [1.807, 2.05) is 0 Å². The van der Waals surface area contributed by atoms with E-state index in [1.54, 1.807) is 7.05 Å². The highest BCUT2D eigenvalue weighted by Crippen LogP contribution is 2.59. The Morgan fingerprint density at radius 1 is 1.26 bits per heavy atom. The monoisotopic (exact) mass is 388 g/mol. The molecule has 1 aliphatic carbocycles. The Hall–Kier alpha value is -1.50. The molecule has 1 heterocycles. The van der Waals surface area contributed by atoms with Crippen molar-refractivity contribution >= 4 is 15.9 Å². The predicted molar refractivity (Wildman–Crippen MR) is 84.9 cm³/mol. The van der Waals surface area contributed by atoms with Crippen LogP contribution in [-0.4, -0.2) is 9.36 Å². The van der Waals surface area contributed by atoms with E-state index in [-0.39, 0.29) is 17.0 Å². The van der Waals surface area contributed by atoms with Crippen LogP contribution in [0, 0.1) is 5.41 Å². The van der Waals surface area contributed by atoms with Gasteiger partial charge in [-0.1, -0.05) is 26.0 Å². The van der Waals surface area contributed by atoms with Gasteiger partial charge in [-0.15, -0.1) is 0 Å². The predicted octanol–water partition coefficient (Wildman–Crippen LogP) is 4.47. The number of halogens is 4. The standard InChI is InChI=1S/C16H16BrF3N2O/c1-15(2)8-10(15)13-12(17)14(23)22(21(13)3)11-7-5-4-6-9(11)16(18,19)20/h4-7,10H,8H2,1-3H3. The smallest absolute Gasteiger partial charge is 0.284 e. The zero-order chi connectivity index (χ0) is 17.2. The zero-order valence-electron chi connectivity index (χ0n) is 12.9. The topological polar surface area (TPSA) is 26.9 Å². The van der Waals surface area contributed by atoms with E-state index in [2.05, 4.69) is 29.8 Å². The van der Waals surface area contributed by atoms with E-state index >= 15 is 0 Å². The SMILES string of the molecule is Cn1c(C2CC2(C)C)c(Br)c(=O)n1-c1ccccc1C(F)(F)F. The molecule has 1 aliphatic rings. The first-order valence-corrected chi connectivity index (χ1v) is 7.99. The molecule has 3 nitrogen and oxygen atoms in total. The number of benzene rings is 1. The van der Waals surface area contributed by atoms with Gasteiger partial charge in [-0.25, -0.2) is 4.68 Å². The van der Waals surface area contributed by atoms with Crippen LogP contribution in [0.25, 0.3) is 5.69 Å². The van der Waals surface area contributed by atoms with Crippen molar-refractivity contribution in [2.24, 2.45) is 12.5 Å². The lowest BCUT2D eigenvalue weighted by Gasteiger charge is -2.16. The second-order valence-electron chi connectivity index (χ2n) is 6.60. The summed E-state index contributed by atoms with van der Waals surface area (Å²) < 4.78 is 42.8. The summed E-state index contributed by atoms with van der Waals surface area (Å²) in [6, 6.07) is 5.13. The molecule has 1 aromatic carbocycles. The molecule has 1 aromatic heterocycles. The summed E-state index contributed by atoms with van der Waals surface area (Å²) in [6.45, 7) is 4.16. The van der Waals surface area contributed by atoms with Crippen molar-refractivity contribution in [3.05, 3.63) is 50.3 Å². The van der Waals surface area contributed by atoms with Crippen molar-refractivity contribution in [3.8, 4) is 5.69 Å². The fourth-order valence-corrected chi connectivity index (χ4v) is 3.77. The molecule has 1 fully saturated rings. The van der Waals surface area contributed by atoms with Crippen LogP contribution < -0.4 is 5.56 Å². The lowest BCUT2D eigenvalue weighted by molar-refractivity contribution is -0.137. The molecule has 0 bridgehead atoms. The second-order valence-corrected chi connectivity index (χ2v) is 7.39. The Morgan fingerprint density at radius 2 is 1.83 bits per heavy atom. The fourth-order valence-electron chi connectivity index (χ4n) is 3.07. The summed E-state index contributed by atoms with van der Waals surface area (Å²) in [7, 11) is 1.63. The molecule has 1 atom stereocenters. The minimum absolute atomic E-state index is 0.0580. The number of nitrogens with zero attached hydrogens (tertiary/aromatic N) is 2. The molecule has 124 valence electrons. The van der Waals surface area contributed by atoms with Gasteiger partial charge in [0.15, 0.2) is 0 Å². The van der Waals surface area contributed by atoms with Crippen LogP contribution >= 0.6 is 15.9 Å². The summed E-state index contributed by atoms with van der Waals surface area (Å²) in [4.78, 5) is 12.6. The molecule has 3 rings (SSSR count). The van der Waals surface area contributed by atoms with Gasteiger partial charge in [-0.05, 0) is 39.9 Å². The summed E-state index contributed by atoms with van der Waals surface area (Å²) in [5.41, 5.74) is -0.642. The summed E-state index contributed by atoms with van der Waals surface area (Å²) in [5, 5.41) is 0. The van der Waals surface area contributed by atoms with Gasteiger partial charge in [0, 0.05) is 13.0 Å². The minimum Gasteiger partial charge on any atom is -0.284 e. The van der Waals surface area contributed by atoms with Gasteiger partial charge < -0.3 is 0 Å². The Kier molecular flexibility index (Phi) is 3.55. The van der Waals surface area contributed by atoms with E-state index in [1.165, 1.54) is 22.9 Å². The third-order valence-corrected chi connectivity index (χ3v) is 5.28. The number of hydrogen-bond acceptors (Lipinski definition) is 1. The lowest BCUT2D eigenvalue weighted by Crippen LogP contribution is -2.23. The number of hydrogen-bond donors (Lipinski definition) is 0. The average molecular weight is 389 g/mol. The molecule has 0 saturated heterocycles. The van der Waals surface area contributed by atoms with Crippen molar-refractivity contribution in [2.75, 3.05) is 0 Å². The molecule has 0 spiro atoms. The summed E-state index contributed by atoms with van der Waals surface area (Å²) in [6.07, 6.45) is -3.62. The fraction of sp³-hybridized carbons (Fsp3) is 0.438. The molecule has 7 heteroatoms. The van der Waals surface area contributed by atoms with Crippen molar-refractivity contribution in [2.45, 2.75) is 32.4 Å². The van der Waals surface area contributed by atoms with E-state index in [9.17, 15) is 18.0 Å². The third kappa shape index (κ3) is 2.55. The number of para-hydroxylation sites is 1. The highest BCUT2D eigenvalue weighted by Gasteiger charge is 2.50. The second kappa shape index (κ2) is 5.00. The van der Waals surface area contributed by atoms with Crippen molar-refractivity contribution in [1.82, 2.24) is 9.36 Å². The molecular weight excluding hydrogens is 373 g/mol. The maximum Gasteiger partial charge on any atom is 0.418 e. The highest BCUT2D eigenvalue weighted by molar-refractivity contribution is 9.10. The Labute approximate surface area is 139 Å². The molecule has 23 heavy (non-hydrogen) atoms. The van der Waals surface area contributed by atoms with Gasteiger partial charge in [0.25, 0.3) is 5.56 Å². The maximum absolute atomic E-state index is 13.3. The normalized spacial score (nSPS) is 19.9. The van der Waals surface area contributed by atoms with E-state index in [0.717, 1.165) is 22.9 Å². The first kappa shape index (κ1) is 16.4. The van der Waals surface area contributed by atoms with Gasteiger partial charge in [-0.3, -0.25) is 9.48 Å². The lowest BCUT2D eigenvalue weighted by atomic mass is 10.1. The van der Waals surface area contributed by atoms with Gasteiger partial charge in [-0.2, -0.15) is 13.2 Å². The first-order chi connectivity index (χ1) is 10.6. The molecule has 0 N–H and O–H groups in total. The van der Waals surface area contributed by atoms with Crippen molar-refractivity contribution in [1.29, 1.82) is 0 Å². The molecule has 2 aromatic rings. The Bertz CT molecular complexity index is 833. The Balaban J connectivity index is 2.24. The summed E-state index contributed by atoms with van der Waals surface area (Å²) in [5.74, 6) is 0.161. The quantitative estimate of drug-likeness (QED) is 0.745. The van der Waals surface area contributed by atoms with Gasteiger partial charge in [0.05, 0.1) is 16.9 Å². The molecular formula is C16H16BrF3N2O. The molecule has 0 amide bonds. The van der Waals surface area contributed by atoms with Crippen LogP contribution in [0.2, 0.25) is 0 Å². The van der Waals surface area contributed by atoms with Crippen molar-refractivity contribution < 1.29 is 13.2 Å². The van der Waals surface area contributed by atoms with Crippen LogP contribution in [0.1, 0.15) is 37.4 Å². The van der Waals surface area contributed by atoms with Gasteiger partial charge in [0.2, 0.25) is 0 Å². The van der Waals surface area contributed by atoms with Gasteiger partial charge >= 0.3 is 6.18 Å². The van der Waals surface area contributed by atoms with E-state index in [4.69, 9.17) is 0 Å². The highest BCUT2D eigenvalue weighted by atomic mass is 79.9. The van der Waals surface area contributed by atoms with Crippen LogP contribution in [0.15, 0.2) is 33.5 Å². The number of aromatic nitrogens is 2. The molecule has 0 radical (unpaired) electrons. The van der Waals surface area contributed by atoms with E-state index in [0.29, 0.717) is 4.47 Å². The minimum atomic E-state index is -4.52. The first-order valence-electron chi connectivity index (χ1n) is 7.19. The van der Waals surface area contributed by atoms with Gasteiger partial charge in [0.1, 0.15) is 4.47 Å². The van der Waals surface area contributed by atoms with Crippen LogP contribution in [0.3, 0.4) is 0 Å². The third-order valence-electron chi connectivity index (χ3n) is 4.53. The van der Waals surface area contributed by atoms with Crippen molar-refractivity contribution in [3.63, 3.8) is 0 Å². The molecule has 0 aliphatic heterocycles. The average Bonchev–Trinajstić information content (AvgIpc) is 2.99. The van der Waals surface area contributed by atoms with E-state index < -0.39 is 17.3 Å². The maximum atomic E-state index is 13.3. The number of alkyl halides is 3.